The van der Waals surface area contributed by atoms with Gasteiger partial charge in [-0.15, -0.1) is 0 Å². The molecular weight excluding hydrogens is 230 g/mol. The molecule has 0 spiro atoms. The number of amides is 1. The number of aliphatic carboxylic acids is 1. The molecule has 1 aliphatic rings. The molecule has 1 aliphatic heterocycles. The number of carbonyl (C=O) groups is 2. The Labute approximate surface area is 106 Å². The number of carboxylic acid groups (broad SMARTS) is 1. The van der Waals surface area contributed by atoms with Crippen LogP contribution in [0.1, 0.15) is 36.8 Å². The molecule has 4 heteroatoms. The lowest BCUT2D eigenvalue weighted by Crippen LogP contribution is -2.22. The molecule has 0 bridgehead atoms. The molecule has 0 aromatic heterocycles. The summed E-state index contributed by atoms with van der Waals surface area (Å²) in [6, 6.07) is 5.96. The Hall–Kier alpha value is -1.84. The average molecular weight is 247 g/mol. The minimum absolute atomic E-state index is 0.0931. The van der Waals surface area contributed by atoms with Crippen LogP contribution in [0.5, 0.6) is 0 Å². The summed E-state index contributed by atoms with van der Waals surface area (Å²) in [6.45, 7) is 1.91. The van der Waals surface area contributed by atoms with Gasteiger partial charge in [0.05, 0.1) is 5.92 Å². The van der Waals surface area contributed by atoms with Crippen molar-refractivity contribution in [2.75, 3.05) is 11.9 Å². The van der Waals surface area contributed by atoms with Crippen molar-refractivity contribution in [3.63, 3.8) is 0 Å². The van der Waals surface area contributed by atoms with Crippen molar-refractivity contribution >= 4 is 17.6 Å². The fraction of sp³-hybridized carbons (Fsp3) is 0.429. The second-order valence-electron chi connectivity index (χ2n) is 4.76. The standard InChI is InChI=1S/C14H17NO3/c1-9-11-8-10(4-3-5-13(16)17)6-7-12(11)15(2)14(9)18/h6-9H,3-5H2,1-2H3,(H,16,17). The molecule has 1 amide bonds. The summed E-state index contributed by atoms with van der Waals surface area (Å²) in [7, 11) is 1.79. The van der Waals surface area contributed by atoms with Crippen LogP contribution in [0.25, 0.3) is 0 Å². The number of carboxylic acids is 1. The van der Waals surface area contributed by atoms with E-state index in [2.05, 4.69) is 0 Å². The number of rotatable bonds is 4. The highest BCUT2D eigenvalue weighted by Gasteiger charge is 2.31. The monoisotopic (exact) mass is 247 g/mol. The third-order valence-electron chi connectivity index (χ3n) is 3.48. The van der Waals surface area contributed by atoms with Gasteiger partial charge >= 0.3 is 5.97 Å². The quantitative estimate of drug-likeness (QED) is 0.887. The van der Waals surface area contributed by atoms with E-state index in [4.69, 9.17) is 5.11 Å². The van der Waals surface area contributed by atoms with Gasteiger partial charge in [-0.25, -0.2) is 0 Å². The van der Waals surface area contributed by atoms with Crippen LogP contribution in [0, 0.1) is 0 Å². The Morgan fingerprint density at radius 1 is 1.44 bits per heavy atom. The number of aryl methyl sites for hydroxylation is 1. The van der Waals surface area contributed by atoms with Gasteiger partial charge in [0.25, 0.3) is 0 Å². The van der Waals surface area contributed by atoms with Crippen LogP contribution >= 0.6 is 0 Å². The molecule has 1 aromatic carbocycles. The zero-order valence-corrected chi connectivity index (χ0v) is 10.6. The molecule has 18 heavy (non-hydrogen) atoms. The van der Waals surface area contributed by atoms with Crippen LogP contribution in [0.2, 0.25) is 0 Å². The van der Waals surface area contributed by atoms with E-state index in [9.17, 15) is 9.59 Å². The third kappa shape index (κ3) is 2.23. The predicted octanol–water partition coefficient (Wildman–Crippen LogP) is 2.17. The van der Waals surface area contributed by atoms with Crippen molar-refractivity contribution in [3.8, 4) is 0 Å². The summed E-state index contributed by atoms with van der Waals surface area (Å²) < 4.78 is 0. The smallest absolute Gasteiger partial charge is 0.303 e. The lowest BCUT2D eigenvalue weighted by molar-refractivity contribution is -0.137. The van der Waals surface area contributed by atoms with Gasteiger partial charge in [0, 0.05) is 19.2 Å². The number of hydrogen-bond donors (Lipinski definition) is 1. The van der Waals surface area contributed by atoms with Crippen molar-refractivity contribution < 1.29 is 14.7 Å². The summed E-state index contributed by atoms with van der Waals surface area (Å²) >= 11 is 0. The topological polar surface area (TPSA) is 57.6 Å². The Bertz CT molecular complexity index is 496. The zero-order valence-electron chi connectivity index (χ0n) is 10.6. The number of likely N-dealkylation sites (N-methyl/N-ethyl adjacent to an activating group) is 1. The molecule has 0 aliphatic carbocycles. The van der Waals surface area contributed by atoms with Crippen LogP contribution in [-0.2, 0) is 16.0 Å². The van der Waals surface area contributed by atoms with Gasteiger partial charge in [-0.3, -0.25) is 9.59 Å². The summed E-state index contributed by atoms with van der Waals surface area (Å²) in [6.07, 6.45) is 1.56. The first kappa shape index (κ1) is 12.6. The first-order valence-electron chi connectivity index (χ1n) is 6.13. The van der Waals surface area contributed by atoms with E-state index in [0.717, 1.165) is 23.2 Å². The maximum absolute atomic E-state index is 11.8. The maximum atomic E-state index is 11.8. The van der Waals surface area contributed by atoms with Gasteiger partial charge in [0.1, 0.15) is 0 Å². The Kier molecular flexibility index (Phi) is 3.36. The lowest BCUT2D eigenvalue weighted by atomic mass is 9.98. The largest absolute Gasteiger partial charge is 0.481 e. The second kappa shape index (κ2) is 4.80. The highest BCUT2D eigenvalue weighted by Crippen LogP contribution is 2.36. The Balaban J connectivity index is 2.14. The molecule has 1 atom stereocenters. The fourth-order valence-electron chi connectivity index (χ4n) is 2.40. The number of fused-ring (bicyclic) bond motifs is 1. The number of benzene rings is 1. The van der Waals surface area contributed by atoms with E-state index in [0.29, 0.717) is 6.42 Å². The van der Waals surface area contributed by atoms with Crippen LogP contribution in [0.4, 0.5) is 5.69 Å². The number of hydrogen-bond acceptors (Lipinski definition) is 2. The summed E-state index contributed by atoms with van der Waals surface area (Å²) in [5, 5.41) is 8.61. The second-order valence-corrected chi connectivity index (χ2v) is 4.76. The number of carbonyl (C=O) groups excluding carboxylic acids is 1. The summed E-state index contributed by atoms with van der Waals surface area (Å²) in [5.41, 5.74) is 3.12. The molecule has 1 aromatic rings. The average Bonchev–Trinajstić information content (AvgIpc) is 2.54. The van der Waals surface area contributed by atoms with E-state index >= 15 is 0 Å². The van der Waals surface area contributed by atoms with Gasteiger partial charge in [-0.1, -0.05) is 12.1 Å². The molecule has 2 rings (SSSR count). The van der Waals surface area contributed by atoms with Gasteiger partial charge in [0.15, 0.2) is 0 Å². The van der Waals surface area contributed by atoms with Gasteiger partial charge < -0.3 is 10.0 Å². The van der Waals surface area contributed by atoms with Gasteiger partial charge in [-0.05, 0) is 37.0 Å². The summed E-state index contributed by atoms with van der Waals surface area (Å²) in [4.78, 5) is 24.0. The van der Waals surface area contributed by atoms with Crippen LogP contribution in [0.3, 0.4) is 0 Å². The zero-order chi connectivity index (χ0) is 13.3. The minimum atomic E-state index is -0.764. The lowest BCUT2D eigenvalue weighted by Gasteiger charge is -2.10. The molecular formula is C14H17NO3. The molecule has 0 saturated heterocycles. The fourth-order valence-corrected chi connectivity index (χ4v) is 2.40. The van der Waals surface area contributed by atoms with E-state index in [1.54, 1.807) is 11.9 Å². The van der Waals surface area contributed by atoms with Gasteiger partial charge in [0.2, 0.25) is 5.91 Å². The van der Waals surface area contributed by atoms with Crippen LogP contribution in [0.15, 0.2) is 18.2 Å². The Morgan fingerprint density at radius 3 is 2.83 bits per heavy atom. The minimum Gasteiger partial charge on any atom is -0.481 e. The Morgan fingerprint density at radius 2 is 2.17 bits per heavy atom. The molecule has 1 N–H and O–H groups in total. The van der Waals surface area contributed by atoms with E-state index in [1.165, 1.54) is 0 Å². The molecule has 96 valence electrons. The van der Waals surface area contributed by atoms with E-state index in [-0.39, 0.29) is 18.2 Å². The van der Waals surface area contributed by atoms with E-state index < -0.39 is 5.97 Å². The number of anilines is 1. The maximum Gasteiger partial charge on any atom is 0.303 e. The van der Waals surface area contributed by atoms with Crippen LogP contribution < -0.4 is 4.90 Å². The number of nitrogens with zero attached hydrogens (tertiary/aromatic N) is 1. The van der Waals surface area contributed by atoms with Crippen LogP contribution in [-0.4, -0.2) is 24.0 Å². The molecule has 0 fully saturated rings. The SMILES string of the molecule is CC1C(=O)N(C)c2ccc(CCCC(=O)O)cc21. The van der Waals surface area contributed by atoms with Crippen molar-refractivity contribution in [1.29, 1.82) is 0 Å². The molecule has 0 saturated carbocycles. The van der Waals surface area contributed by atoms with Crippen molar-refractivity contribution in [2.45, 2.75) is 32.1 Å². The van der Waals surface area contributed by atoms with E-state index in [1.807, 2.05) is 25.1 Å². The van der Waals surface area contributed by atoms with Crippen molar-refractivity contribution in [3.05, 3.63) is 29.3 Å². The molecule has 0 radical (unpaired) electrons. The first-order chi connectivity index (χ1) is 8.50. The highest BCUT2D eigenvalue weighted by atomic mass is 16.4. The summed E-state index contributed by atoms with van der Waals surface area (Å²) in [5.74, 6) is -0.739. The molecule has 1 unspecified atom stereocenters. The van der Waals surface area contributed by atoms with Crippen molar-refractivity contribution in [2.24, 2.45) is 0 Å². The normalized spacial score (nSPS) is 18.0. The third-order valence-corrected chi connectivity index (χ3v) is 3.48. The van der Waals surface area contributed by atoms with Crippen molar-refractivity contribution in [1.82, 2.24) is 0 Å². The van der Waals surface area contributed by atoms with Gasteiger partial charge in [-0.2, -0.15) is 0 Å². The molecule has 1 heterocycles. The molecule has 4 nitrogen and oxygen atoms in total. The highest BCUT2D eigenvalue weighted by molar-refractivity contribution is 6.04. The first-order valence-corrected chi connectivity index (χ1v) is 6.13. The predicted molar refractivity (Wildman–Crippen MR) is 68.8 cm³/mol.